The van der Waals surface area contributed by atoms with Gasteiger partial charge in [-0.2, -0.15) is 0 Å². The molecule has 0 bridgehead atoms. The maximum absolute atomic E-state index is 5.61. The molecule has 4 heteroatoms. The minimum atomic E-state index is 0.548. The van der Waals surface area contributed by atoms with Gasteiger partial charge in [-0.15, -0.1) is 11.3 Å². The van der Waals surface area contributed by atoms with Crippen LogP contribution in [-0.2, 0) is 6.54 Å². The second-order valence-electron chi connectivity index (χ2n) is 4.20. The predicted molar refractivity (Wildman–Crippen MR) is 75.5 cm³/mol. The molecule has 90 valence electrons. The van der Waals surface area contributed by atoms with Crippen molar-refractivity contribution in [3.05, 3.63) is 47.1 Å². The van der Waals surface area contributed by atoms with Crippen LogP contribution in [0.5, 0.6) is 0 Å². The average molecular weight is 255 g/mol. The highest BCUT2D eigenvalue weighted by Gasteiger charge is 2.05. The largest absolute Gasteiger partial charge is 0.326 e. The fraction of sp³-hybridized carbons (Fsp3) is 0.143. The van der Waals surface area contributed by atoms with Crippen LogP contribution in [0.2, 0.25) is 0 Å². The first-order valence-electron chi connectivity index (χ1n) is 5.79. The summed E-state index contributed by atoms with van der Waals surface area (Å²) < 4.78 is 0. The summed E-state index contributed by atoms with van der Waals surface area (Å²) >= 11 is 1.64. The van der Waals surface area contributed by atoms with Crippen molar-refractivity contribution in [1.82, 2.24) is 9.97 Å². The molecule has 2 heterocycles. The Morgan fingerprint density at radius 3 is 2.89 bits per heavy atom. The Bertz CT molecular complexity index is 703. The van der Waals surface area contributed by atoms with Gasteiger partial charge in [0.25, 0.3) is 0 Å². The zero-order valence-corrected chi connectivity index (χ0v) is 10.9. The summed E-state index contributed by atoms with van der Waals surface area (Å²) in [6, 6.07) is 10.4. The lowest BCUT2D eigenvalue weighted by atomic mass is 10.1. The van der Waals surface area contributed by atoms with Crippen molar-refractivity contribution < 1.29 is 0 Å². The van der Waals surface area contributed by atoms with E-state index in [4.69, 9.17) is 5.73 Å². The SMILES string of the molecule is Cc1ccc2cc(-c3ncc(CN)s3)ccc2n1. The van der Waals surface area contributed by atoms with Gasteiger partial charge in [-0.1, -0.05) is 6.07 Å². The van der Waals surface area contributed by atoms with Crippen LogP contribution in [0.3, 0.4) is 0 Å². The van der Waals surface area contributed by atoms with Gasteiger partial charge in [-0.3, -0.25) is 4.98 Å². The normalized spacial score (nSPS) is 11.0. The lowest BCUT2D eigenvalue weighted by molar-refractivity contribution is 1.10. The fourth-order valence-corrected chi connectivity index (χ4v) is 2.68. The third-order valence-electron chi connectivity index (χ3n) is 2.83. The Balaban J connectivity index is 2.10. The number of nitrogens with two attached hydrogens (primary N) is 1. The number of benzene rings is 1. The molecule has 3 rings (SSSR count). The zero-order chi connectivity index (χ0) is 12.5. The molecule has 0 saturated heterocycles. The third kappa shape index (κ3) is 2.00. The highest BCUT2D eigenvalue weighted by Crippen LogP contribution is 2.27. The number of fused-ring (bicyclic) bond motifs is 1. The molecule has 3 aromatic rings. The molecule has 0 amide bonds. The second kappa shape index (κ2) is 4.48. The summed E-state index contributed by atoms with van der Waals surface area (Å²) in [6.45, 7) is 2.55. The van der Waals surface area contributed by atoms with Crippen molar-refractivity contribution in [2.75, 3.05) is 0 Å². The highest BCUT2D eigenvalue weighted by atomic mass is 32.1. The number of rotatable bonds is 2. The maximum Gasteiger partial charge on any atom is 0.123 e. The Morgan fingerprint density at radius 1 is 1.22 bits per heavy atom. The van der Waals surface area contributed by atoms with Crippen LogP contribution >= 0.6 is 11.3 Å². The first-order chi connectivity index (χ1) is 8.76. The van der Waals surface area contributed by atoms with Crippen molar-refractivity contribution in [3.63, 3.8) is 0 Å². The van der Waals surface area contributed by atoms with E-state index in [1.807, 2.05) is 25.3 Å². The molecular formula is C14H13N3S. The molecule has 1 aromatic carbocycles. The summed E-state index contributed by atoms with van der Waals surface area (Å²) in [5.74, 6) is 0. The summed E-state index contributed by atoms with van der Waals surface area (Å²) in [6.07, 6.45) is 1.84. The number of pyridine rings is 1. The molecule has 2 aromatic heterocycles. The molecule has 0 aliphatic heterocycles. The van der Waals surface area contributed by atoms with E-state index >= 15 is 0 Å². The molecule has 0 aliphatic rings. The van der Waals surface area contributed by atoms with Crippen molar-refractivity contribution in [2.45, 2.75) is 13.5 Å². The van der Waals surface area contributed by atoms with E-state index in [0.717, 1.165) is 32.0 Å². The smallest absolute Gasteiger partial charge is 0.123 e. The summed E-state index contributed by atoms with van der Waals surface area (Å²) in [7, 11) is 0. The number of aromatic nitrogens is 2. The van der Waals surface area contributed by atoms with Gasteiger partial charge < -0.3 is 5.73 Å². The minimum Gasteiger partial charge on any atom is -0.326 e. The van der Waals surface area contributed by atoms with Crippen molar-refractivity contribution in [3.8, 4) is 10.6 Å². The molecular weight excluding hydrogens is 242 g/mol. The topological polar surface area (TPSA) is 51.8 Å². The van der Waals surface area contributed by atoms with Crippen LogP contribution in [0.1, 0.15) is 10.6 Å². The van der Waals surface area contributed by atoms with Crippen LogP contribution in [0.15, 0.2) is 36.5 Å². The van der Waals surface area contributed by atoms with Crippen LogP contribution in [0.25, 0.3) is 21.5 Å². The van der Waals surface area contributed by atoms with Gasteiger partial charge in [-0.05, 0) is 31.2 Å². The molecule has 0 aliphatic carbocycles. The van der Waals surface area contributed by atoms with Crippen molar-refractivity contribution >= 4 is 22.2 Å². The number of thiazole rings is 1. The number of hydrogen-bond donors (Lipinski definition) is 1. The van der Waals surface area contributed by atoms with E-state index in [9.17, 15) is 0 Å². The van der Waals surface area contributed by atoms with Gasteiger partial charge in [-0.25, -0.2) is 4.98 Å². The lowest BCUT2D eigenvalue weighted by Crippen LogP contribution is -1.91. The molecule has 0 atom stereocenters. The summed E-state index contributed by atoms with van der Waals surface area (Å²) in [5.41, 5.74) is 8.79. The number of aryl methyl sites for hydroxylation is 1. The molecule has 0 fully saturated rings. The maximum atomic E-state index is 5.61. The van der Waals surface area contributed by atoms with Gasteiger partial charge >= 0.3 is 0 Å². The van der Waals surface area contributed by atoms with Crippen LogP contribution in [0, 0.1) is 6.92 Å². The summed E-state index contributed by atoms with van der Waals surface area (Å²) in [5, 5.41) is 2.15. The highest BCUT2D eigenvalue weighted by molar-refractivity contribution is 7.15. The molecule has 0 unspecified atom stereocenters. The number of hydrogen-bond acceptors (Lipinski definition) is 4. The average Bonchev–Trinajstić information content (AvgIpc) is 2.87. The van der Waals surface area contributed by atoms with Gasteiger partial charge in [0.2, 0.25) is 0 Å². The van der Waals surface area contributed by atoms with Crippen molar-refractivity contribution in [1.29, 1.82) is 0 Å². The Morgan fingerprint density at radius 2 is 2.11 bits per heavy atom. The van der Waals surface area contributed by atoms with Gasteiger partial charge in [0, 0.05) is 34.3 Å². The first kappa shape index (κ1) is 11.3. The van der Waals surface area contributed by atoms with Gasteiger partial charge in [0.15, 0.2) is 0 Å². The Labute approximate surface area is 109 Å². The molecule has 0 radical (unpaired) electrons. The third-order valence-corrected chi connectivity index (χ3v) is 3.90. The van der Waals surface area contributed by atoms with Crippen molar-refractivity contribution in [2.24, 2.45) is 5.73 Å². The van der Waals surface area contributed by atoms with E-state index in [1.54, 1.807) is 11.3 Å². The molecule has 2 N–H and O–H groups in total. The molecule has 3 nitrogen and oxygen atoms in total. The van der Waals surface area contributed by atoms with Gasteiger partial charge in [0.05, 0.1) is 5.52 Å². The van der Waals surface area contributed by atoms with Crippen LogP contribution in [0.4, 0.5) is 0 Å². The van der Waals surface area contributed by atoms with E-state index < -0.39 is 0 Å². The van der Waals surface area contributed by atoms with Crippen LogP contribution < -0.4 is 5.73 Å². The van der Waals surface area contributed by atoms with Gasteiger partial charge in [0.1, 0.15) is 5.01 Å². The van der Waals surface area contributed by atoms with E-state index in [-0.39, 0.29) is 0 Å². The monoisotopic (exact) mass is 255 g/mol. The summed E-state index contributed by atoms with van der Waals surface area (Å²) in [4.78, 5) is 10.00. The number of nitrogens with zero attached hydrogens (tertiary/aromatic N) is 2. The minimum absolute atomic E-state index is 0.548. The second-order valence-corrected chi connectivity index (χ2v) is 5.31. The molecule has 0 saturated carbocycles. The fourth-order valence-electron chi connectivity index (χ4n) is 1.90. The lowest BCUT2D eigenvalue weighted by Gasteiger charge is -2.01. The van der Waals surface area contributed by atoms with E-state index in [2.05, 4.69) is 28.2 Å². The quantitative estimate of drug-likeness (QED) is 0.765. The Hall–Kier alpha value is -1.78. The zero-order valence-electron chi connectivity index (χ0n) is 10.1. The Kier molecular flexibility index (Phi) is 2.81. The molecule has 18 heavy (non-hydrogen) atoms. The first-order valence-corrected chi connectivity index (χ1v) is 6.60. The van der Waals surface area contributed by atoms with E-state index in [0.29, 0.717) is 6.54 Å². The molecule has 0 spiro atoms. The predicted octanol–water partition coefficient (Wildman–Crippen LogP) is 3.13. The standard InChI is InChI=1S/C14H13N3S/c1-9-2-3-10-6-11(4-5-13(10)17-9)14-16-8-12(7-15)18-14/h2-6,8H,7,15H2,1H3. The van der Waals surface area contributed by atoms with Crippen LogP contribution in [-0.4, -0.2) is 9.97 Å². The van der Waals surface area contributed by atoms with E-state index in [1.165, 1.54) is 0 Å².